The summed E-state index contributed by atoms with van der Waals surface area (Å²) in [6.45, 7) is 4.95. The molecule has 0 spiro atoms. The molecule has 0 radical (unpaired) electrons. The number of sulfonamides is 1. The topological polar surface area (TPSA) is 92.5 Å². The van der Waals surface area contributed by atoms with E-state index in [-0.39, 0.29) is 17.2 Å². The van der Waals surface area contributed by atoms with Gasteiger partial charge in [0.2, 0.25) is 21.8 Å². The summed E-state index contributed by atoms with van der Waals surface area (Å²) in [5.41, 5.74) is 1.12. The number of anilines is 1. The van der Waals surface area contributed by atoms with Crippen molar-refractivity contribution in [3.63, 3.8) is 0 Å². The molecule has 4 rings (SSSR count). The van der Waals surface area contributed by atoms with Crippen molar-refractivity contribution < 1.29 is 17.6 Å². The molecule has 1 saturated heterocycles. The molecule has 1 amide bonds. The lowest BCUT2D eigenvalue weighted by molar-refractivity contribution is -0.115. The predicted octanol–water partition coefficient (Wildman–Crippen LogP) is 4.31. The van der Waals surface area contributed by atoms with E-state index in [9.17, 15) is 13.2 Å². The normalized spacial score (nSPS) is 17.5. The summed E-state index contributed by atoms with van der Waals surface area (Å²) in [5, 5.41) is 4.74. The SMILES string of the molecule is Cc1oc(-c2cccs2)nc1CC(=O)Nc1ccc(S(=O)(=O)N2CCCC(C)C2)cc1. The van der Waals surface area contributed by atoms with Gasteiger partial charge in [0.25, 0.3) is 0 Å². The summed E-state index contributed by atoms with van der Waals surface area (Å²) in [4.78, 5) is 18.1. The molecule has 2 aromatic heterocycles. The minimum absolute atomic E-state index is 0.0758. The van der Waals surface area contributed by atoms with Crippen LogP contribution in [0.2, 0.25) is 0 Å². The van der Waals surface area contributed by atoms with E-state index in [0.717, 1.165) is 17.7 Å². The number of rotatable bonds is 6. The van der Waals surface area contributed by atoms with Crippen LogP contribution in [-0.4, -0.2) is 36.7 Å². The summed E-state index contributed by atoms with van der Waals surface area (Å²) in [6, 6.07) is 10.2. The Balaban J connectivity index is 1.40. The number of nitrogens with one attached hydrogen (secondary N) is 1. The molecule has 1 atom stereocenters. The summed E-state index contributed by atoms with van der Waals surface area (Å²) < 4.78 is 33.0. The molecular formula is C22H25N3O4S2. The molecule has 1 aromatic carbocycles. The third-order valence-corrected chi connectivity index (χ3v) is 8.09. The van der Waals surface area contributed by atoms with E-state index in [1.54, 1.807) is 35.5 Å². The number of aryl methyl sites for hydroxylation is 1. The van der Waals surface area contributed by atoms with Gasteiger partial charge in [0, 0.05) is 18.8 Å². The molecule has 1 unspecified atom stereocenters. The van der Waals surface area contributed by atoms with Crippen molar-refractivity contribution in [1.82, 2.24) is 9.29 Å². The largest absolute Gasteiger partial charge is 0.440 e. The molecule has 1 fully saturated rings. The maximum Gasteiger partial charge on any atom is 0.243 e. The van der Waals surface area contributed by atoms with Gasteiger partial charge in [-0.2, -0.15) is 4.31 Å². The molecule has 31 heavy (non-hydrogen) atoms. The fraction of sp³-hybridized carbons (Fsp3) is 0.364. The number of hydrogen-bond donors (Lipinski definition) is 1. The third-order valence-electron chi connectivity index (χ3n) is 5.35. The van der Waals surface area contributed by atoms with Gasteiger partial charge in [-0.3, -0.25) is 4.79 Å². The first-order valence-corrected chi connectivity index (χ1v) is 12.5. The third kappa shape index (κ3) is 4.89. The Morgan fingerprint density at radius 1 is 1.29 bits per heavy atom. The van der Waals surface area contributed by atoms with E-state index in [2.05, 4.69) is 17.2 Å². The van der Waals surface area contributed by atoms with Crippen LogP contribution in [0.4, 0.5) is 5.69 Å². The predicted molar refractivity (Wildman–Crippen MR) is 120 cm³/mol. The quantitative estimate of drug-likeness (QED) is 0.593. The molecule has 164 valence electrons. The van der Waals surface area contributed by atoms with Crippen LogP contribution in [-0.2, 0) is 21.2 Å². The van der Waals surface area contributed by atoms with Crippen molar-refractivity contribution in [1.29, 1.82) is 0 Å². The van der Waals surface area contributed by atoms with Crippen molar-refractivity contribution in [2.75, 3.05) is 18.4 Å². The van der Waals surface area contributed by atoms with E-state index >= 15 is 0 Å². The van der Waals surface area contributed by atoms with Crippen LogP contribution in [0.25, 0.3) is 10.8 Å². The van der Waals surface area contributed by atoms with Crippen molar-refractivity contribution in [2.24, 2.45) is 5.92 Å². The van der Waals surface area contributed by atoms with Crippen LogP contribution in [0, 0.1) is 12.8 Å². The number of carbonyl (C=O) groups excluding carboxylic acids is 1. The van der Waals surface area contributed by atoms with Gasteiger partial charge in [0.1, 0.15) is 5.76 Å². The molecule has 0 aliphatic carbocycles. The summed E-state index contributed by atoms with van der Waals surface area (Å²) in [7, 11) is -3.51. The highest BCUT2D eigenvalue weighted by Gasteiger charge is 2.28. The summed E-state index contributed by atoms with van der Waals surface area (Å²) in [6.07, 6.45) is 2.01. The van der Waals surface area contributed by atoms with Gasteiger partial charge in [-0.15, -0.1) is 11.3 Å². The maximum absolute atomic E-state index is 12.9. The van der Waals surface area contributed by atoms with Gasteiger partial charge in [0.15, 0.2) is 0 Å². The zero-order valence-corrected chi connectivity index (χ0v) is 19.1. The summed E-state index contributed by atoms with van der Waals surface area (Å²) in [5.74, 6) is 1.24. The lowest BCUT2D eigenvalue weighted by Gasteiger charge is -2.30. The van der Waals surface area contributed by atoms with Crippen LogP contribution in [0.3, 0.4) is 0 Å². The molecular weight excluding hydrogens is 434 g/mol. The molecule has 1 aliphatic heterocycles. The van der Waals surface area contributed by atoms with Crippen LogP contribution in [0.15, 0.2) is 51.1 Å². The lowest BCUT2D eigenvalue weighted by atomic mass is 10.0. The maximum atomic E-state index is 12.9. The molecule has 7 nitrogen and oxygen atoms in total. The highest BCUT2D eigenvalue weighted by Crippen LogP contribution is 2.27. The minimum Gasteiger partial charge on any atom is -0.440 e. The van der Waals surface area contributed by atoms with Crippen molar-refractivity contribution in [2.45, 2.75) is 38.0 Å². The number of benzene rings is 1. The van der Waals surface area contributed by atoms with Crippen LogP contribution in [0.1, 0.15) is 31.2 Å². The Bertz CT molecular complexity index is 1150. The molecule has 1 aliphatic rings. The number of piperidine rings is 1. The monoisotopic (exact) mass is 459 g/mol. The number of hydrogen-bond acceptors (Lipinski definition) is 6. The Kier molecular flexibility index (Phi) is 6.27. The molecule has 9 heteroatoms. The Labute approximate surface area is 186 Å². The fourth-order valence-corrected chi connectivity index (χ4v) is 5.93. The van der Waals surface area contributed by atoms with Crippen molar-refractivity contribution in [3.8, 4) is 10.8 Å². The van der Waals surface area contributed by atoms with Gasteiger partial charge < -0.3 is 9.73 Å². The van der Waals surface area contributed by atoms with E-state index in [0.29, 0.717) is 42.0 Å². The Hall–Kier alpha value is -2.49. The second kappa shape index (κ2) is 8.94. The van der Waals surface area contributed by atoms with E-state index < -0.39 is 10.0 Å². The first kappa shape index (κ1) is 21.7. The second-order valence-corrected chi connectivity index (χ2v) is 10.7. The van der Waals surface area contributed by atoms with Crippen molar-refractivity contribution >= 4 is 33.0 Å². The van der Waals surface area contributed by atoms with Gasteiger partial charge in [0.05, 0.1) is 21.9 Å². The first-order chi connectivity index (χ1) is 14.8. The zero-order valence-electron chi connectivity index (χ0n) is 17.5. The molecule has 3 heterocycles. The number of oxazole rings is 1. The zero-order chi connectivity index (χ0) is 22.0. The Morgan fingerprint density at radius 3 is 2.74 bits per heavy atom. The smallest absolute Gasteiger partial charge is 0.243 e. The number of amides is 1. The number of aromatic nitrogens is 1. The number of nitrogens with zero attached hydrogens (tertiary/aromatic N) is 2. The molecule has 0 saturated carbocycles. The van der Waals surface area contributed by atoms with Crippen LogP contribution >= 0.6 is 11.3 Å². The standard InChI is InChI=1S/C22H25N3O4S2/c1-15-5-3-11-25(14-15)31(27,28)18-9-7-17(8-10-18)23-21(26)13-19-16(2)29-22(24-19)20-6-4-12-30-20/h4,6-10,12,15H,3,5,11,13-14H2,1-2H3,(H,23,26). The van der Waals surface area contributed by atoms with Gasteiger partial charge in [-0.05, 0) is 61.4 Å². The molecule has 0 bridgehead atoms. The van der Waals surface area contributed by atoms with E-state index in [4.69, 9.17) is 4.42 Å². The highest BCUT2D eigenvalue weighted by molar-refractivity contribution is 7.89. The number of carbonyl (C=O) groups is 1. The van der Waals surface area contributed by atoms with Crippen molar-refractivity contribution in [3.05, 3.63) is 53.2 Å². The summed E-state index contributed by atoms with van der Waals surface area (Å²) >= 11 is 1.52. The number of thiophene rings is 1. The second-order valence-electron chi connectivity index (χ2n) is 7.86. The average Bonchev–Trinajstić information content (AvgIpc) is 3.39. The van der Waals surface area contributed by atoms with Gasteiger partial charge >= 0.3 is 0 Å². The molecule has 1 N–H and O–H groups in total. The fourth-order valence-electron chi connectivity index (χ4n) is 3.68. The van der Waals surface area contributed by atoms with Gasteiger partial charge in [-0.1, -0.05) is 13.0 Å². The van der Waals surface area contributed by atoms with E-state index in [1.165, 1.54) is 11.3 Å². The van der Waals surface area contributed by atoms with Gasteiger partial charge in [-0.25, -0.2) is 13.4 Å². The molecule has 3 aromatic rings. The Morgan fingerprint density at radius 2 is 2.06 bits per heavy atom. The first-order valence-electron chi connectivity index (χ1n) is 10.2. The lowest BCUT2D eigenvalue weighted by Crippen LogP contribution is -2.39. The van der Waals surface area contributed by atoms with E-state index in [1.807, 2.05) is 17.5 Å². The van der Waals surface area contributed by atoms with Crippen LogP contribution in [0.5, 0.6) is 0 Å². The highest BCUT2D eigenvalue weighted by atomic mass is 32.2. The van der Waals surface area contributed by atoms with Crippen LogP contribution < -0.4 is 5.32 Å². The average molecular weight is 460 g/mol. The minimum atomic E-state index is -3.51.